The Bertz CT molecular complexity index is 678. The van der Waals surface area contributed by atoms with Crippen LogP contribution in [0.2, 0.25) is 0 Å². The van der Waals surface area contributed by atoms with E-state index in [0.29, 0.717) is 0 Å². The zero-order valence-corrected chi connectivity index (χ0v) is 15.0. The van der Waals surface area contributed by atoms with Gasteiger partial charge in [-0.15, -0.1) is 0 Å². The SMILES string of the molecule is CC(=O)c1cc2ccccc2cc1C1C=CC=C1.CN.CN.CN. The summed E-state index contributed by atoms with van der Waals surface area (Å²) in [4.78, 5) is 11.8. The average Bonchev–Trinajstić information content (AvgIpc) is 3.20. The fourth-order valence-corrected chi connectivity index (χ4v) is 2.48. The number of carbonyl (C=O) groups is 1. The Kier molecular flexibility index (Phi) is 11.0. The Balaban J connectivity index is 0.000000798. The van der Waals surface area contributed by atoms with Crippen molar-refractivity contribution in [2.45, 2.75) is 12.8 Å². The first kappa shape index (κ1) is 21.7. The molecule has 3 rings (SSSR count). The summed E-state index contributed by atoms with van der Waals surface area (Å²) in [5, 5.41) is 2.31. The van der Waals surface area contributed by atoms with Crippen molar-refractivity contribution in [3.8, 4) is 0 Å². The molecule has 0 bridgehead atoms. The van der Waals surface area contributed by atoms with Crippen LogP contribution in [0, 0.1) is 0 Å². The molecule has 0 spiro atoms. The van der Waals surface area contributed by atoms with Gasteiger partial charge in [-0.2, -0.15) is 0 Å². The highest BCUT2D eigenvalue weighted by Gasteiger charge is 2.15. The highest BCUT2D eigenvalue weighted by Crippen LogP contribution is 2.30. The number of ketones is 1. The minimum Gasteiger partial charge on any atom is -0.333 e. The molecule has 0 fully saturated rings. The molecule has 1 aliphatic rings. The van der Waals surface area contributed by atoms with E-state index in [1.54, 1.807) is 6.92 Å². The summed E-state index contributed by atoms with van der Waals surface area (Å²) < 4.78 is 0. The smallest absolute Gasteiger partial charge is 0.160 e. The van der Waals surface area contributed by atoms with Gasteiger partial charge in [0.1, 0.15) is 0 Å². The predicted octanol–water partition coefficient (Wildman–Crippen LogP) is 2.98. The number of fused-ring (bicyclic) bond motifs is 1. The third-order valence-corrected chi connectivity index (χ3v) is 3.40. The molecule has 0 saturated heterocycles. The number of benzene rings is 2. The van der Waals surface area contributed by atoms with E-state index in [9.17, 15) is 4.79 Å². The van der Waals surface area contributed by atoms with Crippen LogP contribution >= 0.6 is 0 Å². The van der Waals surface area contributed by atoms with Gasteiger partial charge in [-0.25, -0.2) is 0 Å². The van der Waals surface area contributed by atoms with Crippen molar-refractivity contribution in [1.29, 1.82) is 0 Å². The first-order valence-corrected chi connectivity index (χ1v) is 7.87. The maximum Gasteiger partial charge on any atom is 0.160 e. The van der Waals surface area contributed by atoms with Crippen LogP contribution in [0.5, 0.6) is 0 Å². The summed E-state index contributed by atoms with van der Waals surface area (Å²) in [6, 6.07) is 12.3. The van der Waals surface area contributed by atoms with Gasteiger partial charge in [-0.3, -0.25) is 4.79 Å². The lowest BCUT2D eigenvalue weighted by Gasteiger charge is -2.13. The van der Waals surface area contributed by atoms with Gasteiger partial charge in [-0.1, -0.05) is 48.6 Å². The molecule has 0 saturated carbocycles. The number of carbonyl (C=O) groups excluding carboxylic acids is 1. The Morgan fingerprint density at radius 2 is 1.29 bits per heavy atom. The topological polar surface area (TPSA) is 95.1 Å². The predicted molar refractivity (Wildman–Crippen MR) is 105 cm³/mol. The number of hydrogen-bond donors (Lipinski definition) is 3. The van der Waals surface area contributed by atoms with Crippen molar-refractivity contribution >= 4 is 16.6 Å². The van der Waals surface area contributed by atoms with E-state index in [2.05, 4.69) is 41.5 Å². The first-order valence-electron chi connectivity index (χ1n) is 7.87. The van der Waals surface area contributed by atoms with Crippen molar-refractivity contribution in [2.75, 3.05) is 21.1 Å². The molecule has 0 amide bonds. The number of hydrogen-bond acceptors (Lipinski definition) is 4. The third kappa shape index (κ3) is 5.42. The second kappa shape index (κ2) is 12.2. The quantitative estimate of drug-likeness (QED) is 0.739. The van der Waals surface area contributed by atoms with Crippen molar-refractivity contribution < 1.29 is 4.79 Å². The lowest BCUT2D eigenvalue weighted by atomic mass is 9.90. The molecule has 6 N–H and O–H groups in total. The fourth-order valence-electron chi connectivity index (χ4n) is 2.48. The van der Waals surface area contributed by atoms with Crippen LogP contribution in [-0.4, -0.2) is 26.9 Å². The van der Waals surface area contributed by atoms with Crippen molar-refractivity contribution in [3.05, 3.63) is 71.8 Å². The highest BCUT2D eigenvalue weighted by atomic mass is 16.1. The van der Waals surface area contributed by atoms with E-state index in [0.717, 1.165) is 16.5 Å². The maximum atomic E-state index is 11.8. The van der Waals surface area contributed by atoms with Crippen LogP contribution in [-0.2, 0) is 0 Å². The van der Waals surface area contributed by atoms with Crippen LogP contribution in [0.4, 0.5) is 0 Å². The van der Waals surface area contributed by atoms with E-state index < -0.39 is 0 Å². The van der Waals surface area contributed by atoms with Gasteiger partial charge in [0.05, 0.1) is 0 Å². The van der Waals surface area contributed by atoms with E-state index in [-0.39, 0.29) is 11.7 Å². The number of Topliss-reactive ketones (excluding diaryl/α,β-unsaturated/α-hetero) is 1. The van der Waals surface area contributed by atoms with Crippen LogP contribution < -0.4 is 17.2 Å². The summed E-state index contributed by atoms with van der Waals surface area (Å²) in [5.74, 6) is 0.359. The fraction of sp³-hybridized carbons (Fsp3) is 0.250. The second-order valence-corrected chi connectivity index (χ2v) is 4.64. The lowest BCUT2D eigenvalue weighted by molar-refractivity contribution is 0.101. The third-order valence-electron chi connectivity index (χ3n) is 3.40. The molecule has 4 heteroatoms. The summed E-state index contributed by atoms with van der Waals surface area (Å²) >= 11 is 0. The van der Waals surface area contributed by atoms with Crippen LogP contribution in [0.3, 0.4) is 0 Å². The standard InChI is InChI=1S/C17H14O.3CH5N/c1-12(18)16-10-14-8-4-5-9-15(14)11-17(16)13-6-2-3-7-13;3*1-2/h2-11,13H,1H3;3*2H2,1H3. The molecular weight excluding hydrogens is 298 g/mol. The van der Waals surface area contributed by atoms with E-state index in [1.165, 1.54) is 26.5 Å². The zero-order valence-electron chi connectivity index (χ0n) is 15.0. The van der Waals surface area contributed by atoms with Gasteiger partial charge >= 0.3 is 0 Å². The monoisotopic (exact) mass is 327 g/mol. The zero-order chi connectivity index (χ0) is 18.5. The Morgan fingerprint density at radius 3 is 1.75 bits per heavy atom. The minimum absolute atomic E-state index is 0.129. The lowest BCUT2D eigenvalue weighted by Crippen LogP contribution is -2.02. The molecule has 0 aliphatic heterocycles. The largest absolute Gasteiger partial charge is 0.333 e. The molecule has 2 aromatic rings. The van der Waals surface area contributed by atoms with Crippen molar-refractivity contribution in [1.82, 2.24) is 0 Å². The van der Waals surface area contributed by atoms with Gasteiger partial charge in [0.25, 0.3) is 0 Å². The molecule has 4 nitrogen and oxygen atoms in total. The van der Waals surface area contributed by atoms with Crippen molar-refractivity contribution in [3.63, 3.8) is 0 Å². The minimum atomic E-state index is 0.129. The molecule has 0 heterocycles. The van der Waals surface area contributed by atoms with Crippen LogP contribution in [0.25, 0.3) is 10.8 Å². The first-order chi connectivity index (χ1) is 11.8. The summed E-state index contributed by atoms with van der Waals surface area (Å²) in [6.45, 7) is 1.63. The Hall–Kier alpha value is -2.27. The van der Waals surface area contributed by atoms with Gasteiger partial charge in [-0.05, 0) is 56.5 Å². The number of nitrogens with two attached hydrogens (primary N) is 3. The molecule has 0 unspecified atom stereocenters. The summed E-state index contributed by atoms with van der Waals surface area (Å²) in [6.07, 6.45) is 8.31. The summed E-state index contributed by atoms with van der Waals surface area (Å²) in [7, 11) is 4.50. The molecule has 2 aromatic carbocycles. The van der Waals surface area contributed by atoms with Crippen molar-refractivity contribution in [2.24, 2.45) is 17.2 Å². The Labute approximate surface area is 145 Å². The second-order valence-electron chi connectivity index (χ2n) is 4.64. The molecular formula is C20H29N3O. The van der Waals surface area contributed by atoms with Gasteiger partial charge in [0.2, 0.25) is 0 Å². The maximum absolute atomic E-state index is 11.8. The molecule has 24 heavy (non-hydrogen) atoms. The molecule has 0 atom stereocenters. The van der Waals surface area contributed by atoms with Gasteiger partial charge < -0.3 is 17.2 Å². The van der Waals surface area contributed by atoms with Gasteiger partial charge in [0.15, 0.2) is 5.78 Å². The number of rotatable bonds is 2. The molecule has 1 aliphatic carbocycles. The highest BCUT2D eigenvalue weighted by molar-refractivity contribution is 6.00. The molecule has 0 aromatic heterocycles. The van der Waals surface area contributed by atoms with Crippen LogP contribution in [0.15, 0.2) is 60.7 Å². The average molecular weight is 327 g/mol. The van der Waals surface area contributed by atoms with Crippen LogP contribution in [0.1, 0.15) is 28.8 Å². The normalized spacial score (nSPS) is 11.6. The summed E-state index contributed by atoms with van der Waals surface area (Å²) in [5.41, 5.74) is 15.4. The van der Waals surface area contributed by atoms with E-state index in [1.807, 2.05) is 36.4 Å². The van der Waals surface area contributed by atoms with E-state index in [4.69, 9.17) is 0 Å². The van der Waals surface area contributed by atoms with E-state index >= 15 is 0 Å². The van der Waals surface area contributed by atoms with Gasteiger partial charge in [0, 0.05) is 11.5 Å². The number of allylic oxidation sites excluding steroid dienone is 4. The molecule has 0 radical (unpaired) electrons. The Morgan fingerprint density at radius 1 is 0.833 bits per heavy atom. The molecule has 130 valence electrons.